The molecule has 24 heavy (non-hydrogen) atoms. The molecule has 0 fully saturated rings. The van der Waals surface area contributed by atoms with E-state index in [4.69, 9.17) is 0 Å². The molecule has 0 saturated heterocycles. The van der Waals surface area contributed by atoms with E-state index in [-0.39, 0.29) is 11.9 Å². The summed E-state index contributed by atoms with van der Waals surface area (Å²) in [5, 5.41) is 1.97. The van der Waals surface area contributed by atoms with E-state index in [1.54, 1.807) is 6.20 Å². The molecule has 0 spiro atoms. The second-order valence-corrected chi connectivity index (χ2v) is 6.43. The van der Waals surface area contributed by atoms with Gasteiger partial charge in [-0.2, -0.15) is 0 Å². The zero-order valence-electron chi connectivity index (χ0n) is 13.8. The number of hydrogen-bond donors (Lipinski definition) is 0. The van der Waals surface area contributed by atoms with Crippen LogP contribution in [0.25, 0.3) is 10.8 Å². The first-order valence-electron chi connectivity index (χ1n) is 8.43. The standard InChI is InChI=1S/C21H20N2O/c1-23(20-11-5-7-15-6-2-3-9-18(15)20)21(24)19-10-4-8-16-14-22-13-12-17(16)19/h2-4,6,8-10,12-14,20H,5,7,11H2,1H3. The second-order valence-electron chi connectivity index (χ2n) is 6.43. The maximum atomic E-state index is 13.2. The van der Waals surface area contributed by atoms with Gasteiger partial charge in [-0.1, -0.05) is 36.4 Å². The van der Waals surface area contributed by atoms with Gasteiger partial charge in [-0.3, -0.25) is 9.78 Å². The Kier molecular flexibility index (Phi) is 3.77. The van der Waals surface area contributed by atoms with Crippen molar-refractivity contribution in [3.8, 4) is 0 Å². The third kappa shape index (κ3) is 2.46. The fourth-order valence-corrected chi connectivity index (χ4v) is 3.77. The largest absolute Gasteiger partial charge is 0.335 e. The molecule has 0 N–H and O–H groups in total. The summed E-state index contributed by atoms with van der Waals surface area (Å²) in [6.45, 7) is 0. The first-order valence-corrected chi connectivity index (χ1v) is 8.43. The Balaban J connectivity index is 1.72. The fourth-order valence-electron chi connectivity index (χ4n) is 3.77. The summed E-state index contributed by atoms with van der Waals surface area (Å²) in [6.07, 6.45) is 6.80. The van der Waals surface area contributed by atoms with E-state index in [9.17, 15) is 4.79 Å². The highest BCUT2D eigenvalue weighted by molar-refractivity contribution is 6.06. The number of rotatable bonds is 2. The minimum atomic E-state index is 0.0773. The fraction of sp³-hybridized carbons (Fsp3) is 0.238. The van der Waals surface area contributed by atoms with Gasteiger partial charge >= 0.3 is 0 Å². The van der Waals surface area contributed by atoms with E-state index in [0.29, 0.717) is 0 Å². The molecular weight excluding hydrogens is 296 g/mol. The summed E-state index contributed by atoms with van der Waals surface area (Å²) in [5.74, 6) is 0.0773. The van der Waals surface area contributed by atoms with Crippen LogP contribution >= 0.6 is 0 Å². The maximum Gasteiger partial charge on any atom is 0.254 e. The number of fused-ring (bicyclic) bond motifs is 2. The zero-order valence-corrected chi connectivity index (χ0v) is 13.8. The Morgan fingerprint density at radius 3 is 2.92 bits per heavy atom. The van der Waals surface area contributed by atoms with E-state index < -0.39 is 0 Å². The lowest BCUT2D eigenvalue weighted by atomic mass is 9.86. The molecule has 0 saturated carbocycles. The maximum absolute atomic E-state index is 13.2. The lowest BCUT2D eigenvalue weighted by Gasteiger charge is -2.33. The number of nitrogens with zero attached hydrogens (tertiary/aromatic N) is 2. The molecule has 3 nitrogen and oxygen atoms in total. The smallest absolute Gasteiger partial charge is 0.254 e. The van der Waals surface area contributed by atoms with Crippen molar-refractivity contribution in [1.29, 1.82) is 0 Å². The quantitative estimate of drug-likeness (QED) is 0.703. The van der Waals surface area contributed by atoms with Gasteiger partial charge in [0.25, 0.3) is 5.91 Å². The molecular formula is C21H20N2O. The van der Waals surface area contributed by atoms with Crippen molar-refractivity contribution in [2.75, 3.05) is 7.05 Å². The molecule has 2 aromatic carbocycles. The second kappa shape index (κ2) is 6.08. The van der Waals surface area contributed by atoms with E-state index in [0.717, 1.165) is 35.6 Å². The van der Waals surface area contributed by atoms with Gasteiger partial charge in [-0.15, -0.1) is 0 Å². The SMILES string of the molecule is CN(C(=O)c1cccc2cnccc12)C1CCCc2ccccc21. The van der Waals surface area contributed by atoms with Crippen molar-refractivity contribution in [2.24, 2.45) is 0 Å². The number of carbonyl (C=O) groups is 1. The van der Waals surface area contributed by atoms with Crippen LogP contribution in [0.5, 0.6) is 0 Å². The van der Waals surface area contributed by atoms with Gasteiger partial charge in [0.2, 0.25) is 0 Å². The van der Waals surface area contributed by atoms with Crippen molar-refractivity contribution in [2.45, 2.75) is 25.3 Å². The number of pyridine rings is 1. The number of carbonyl (C=O) groups excluding carboxylic acids is 1. The van der Waals surface area contributed by atoms with E-state index in [1.807, 2.05) is 42.4 Å². The van der Waals surface area contributed by atoms with Crippen LogP contribution in [-0.4, -0.2) is 22.8 Å². The van der Waals surface area contributed by atoms with Crippen LogP contribution in [0, 0.1) is 0 Å². The molecule has 0 radical (unpaired) electrons. The topological polar surface area (TPSA) is 33.2 Å². The van der Waals surface area contributed by atoms with Crippen molar-refractivity contribution < 1.29 is 4.79 Å². The third-order valence-corrected chi connectivity index (χ3v) is 5.04. The van der Waals surface area contributed by atoms with Gasteiger partial charge in [0.15, 0.2) is 0 Å². The van der Waals surface area contributed by atoms with Gasteiger partial charge in [-0.25, -0.2) is 0 Å². The van der Waals surface area contributed by atoms with E-state index in [2.05, 4.69) is 29.2 Å². The molecule has 4 rings (SSSR count). The van der Waals surface area contributed by atoms with Crippen molar-refractivity contribution in [3.05, 3.63) is 77.6 Å². The molecule has 1 aliphatic carbocycles. The molecule has 3 aromatic rings. The first kappa shape index (κ1) is 14.9. The summed E-state index contributed by atoms with van der Waals surface area (Å²) in [5.41, 5.74) is 3.41. The highest BCUT2D eigenvalue weighted by atomic mass is 16.2. The highest BCUT2D eigenvalue weighted by Crippen LogP contribution is 2.34. The van der Waals surface area contributed by atoms with E-state index in [1.165, 1.54) is 11.1 Å². The molecule has 1 unspecified atom stereocenters. The lowest BCUT2D eigenvalue weighted by Crippen LogP contribution is -2.33. The summed E-state index contributed by atoms with van der Waals surface area (Å²) in [6, 6.07) is 16.4. The number of benzene rings is 2. The van der Waals surface area contributed by atoms with Crippen LogP contribution in [0.3, 0.4) is 0 Å². The highest BCUT2D eigenvalue weighted by Gasteiger charge is 2.27. The molecule has 1 amide bonds. The van der Waals surface area contributed by atoms with Gasteiger partial charge in [0.05, 0.1) is 6.04 Å². The average Bonchev–Trinajstić information content (AvgIpc) is 2.66. The predicted molar refractivity (Wildman–Crippen MR) is 96.0 cm³/mol. The molecule has 120 valence electrons. The molecule has 0 bridgehead atoms. The van der Waals surface area contributed by atoms with Crippen LogP contribution in [0.4, 0.5) is 0 Å². The zero-order chi connectivity index (χ0) is 16.5. The average molecular weight is 316 g/mol. The van der Waals surface area contributed by atoms with Gasteiger partial charge in [0, 0.05) is 30.4 Å². The molecule has 1 aliphatic rings. The summed E-state index contributed by atoms with van der Waals surface area (Å²) >= 11 is 0. The minimum Gasteiger partial charge on any atom is -0.335 e. The number of hydrogen-bond acceptors (Lipinski definition) is 2. The van der Waals surface area contributed by atoms with Gasteiger partial charge in [-0.05, 0) is 47.9 Å². The van der Waals surface area contributed by atoms with E-state index >= 15 is 0 Å². The van der Waals surface area contributed by atoms with Gasteiger partial charge in [0.1, 0.15) is 0 Å². The summed E-state index contributed by atoms with van der Waals surface area (Å²) in [7, 11) is 1.93. The molecule has 1 atom stereocenters. The Morgan fingerprint density at radius 2 is 2.00 bits per heavy atom. The molecule has 3 heteroatoms. The van der Waals surface area contributed by atoms with Gasteiger partial charge < -0.3 is 4.90 Å². The van der Waals surface area contributed by atoms with Crippen molar-refractivity contribution >= 4 is 16.7 Å². The summed E-state index contributed by atoms with van der Waals surface area (Å²) < 4.78 is 0. The predicted octanol–water partition coefficient (Wildman–Crippen LogP) is 4.38. The van der Waals surface area contributed by atoms with Crippen LogP contribution < -0.4 is 0 Å². The van der Waals surface area contributed by atoms with Crippen LogP contribution in [-0.2, 0) is 6.42 Å². The number of aromatic nitrogens is 1. The Morgan fingerprint density at radius 1 is 1.12 bits per heavy atom. The molecule has 0 aliphatic heterocycles. The van der Waals surface area contributed by atoms with Crippen molar-refractivity contribution in [3.63, 3.8) is 0 Å². The van der Waals surface area contributed by atoms with Crippen LogP contribution in [0.15, 0.2) is 60.9 Å². The Labute approximate surface area is 141 Å². The number of amides is 1. The minimum absolute atomic E-state index is 0.0773. The third-order valence-electron chi connectivity index (χ3n) is 5.04. The first-order chi connectivity index (χ1) is 11.8. The van der Waals surface area contributed by atoms with Crippen LogP contribution in [0.2, 0.25) is 0 Å². The number of aryl methyl sites for hydroxylation is 1. The van der Waals surface area contributed by atoms with Crippen molar-refractivity contribution in [1.82, 2.24) is 9.88 Å². The molecule has 1 aromatic heterocycles. The molecule has 1 heterocycles. The van der Waals surface area contributed by atoms with Crippen LogP contribution in [0.1, 0.15) is 40.4 Å². The lowest BCUT2D eigenvalue weighted by molar-refractivity contribution is 0.0717. The Bertz CT molecular complexity index is 898. The Hall–Kier alpha value is -2.68. The normalized spacial score (nSPS) is 16.6. The monoisotopic (exact) mass is 316 g/mol. The summed E-state index contributed by atoms with van der Waals surface area (Å²) in [4.78, 5) is 19.2.